The van der Waals surface area contributed by atoms with Crippen LogP contribution in [-0.4, -0.2) is 32.1 Å². The van der Waals surface area contributed by atoms with Crippen molar-refractivity contribution in [2.75, 3.05) is 20.3 Å². The highest BCUT2D eigenvalue weighted by molar-refractivity contribution is 6.00. The predicted molar refractivity (Wildman–Crippen MR) is 64.9 cm³/mol. The van der Waals surface area contributed by atoms with E-state index in [1.165, 1.54) is 7.11 Å². The molecule has 0 aromatic heterocycles. The Morgan fingerprint density at radius 3 is 2.94 bits per heavy atom. The normalized spacial score (nSPS) is 12.8. The molecule has 0 atom stereocenters. The molecule has 0 saturated carbocycles. The third kappa shape index (κ3) is 2.68. The van der Waals surface area contributed by atoms with Crippen molar-refractivity contribution in [2.45, 2.75) is 0 Å². The molecular weight excluding hydrogens is 234 g/mol. The molecule has 0 saturated heterocycles. The lowest BCUT2D eigenvalue weighted by atomic mass is 10.1. The van der Waals surface area contributed by atoms with Crippen LogP contribution in [0.3, 0.4) is 0 Å². The van der Waals surface area contributed by atoms with Gasteiger partial charge in [0.15, 0.2) is 0 Å². The van der Waals surface area contributed by atoms with Gasteiger partial charge in [-0.15, -0.1) is 0 Å². The van der Waals surface area contributed by atoms with Crippen LogP contribution >= 0.6 is 0 Å². The number of amides is 1. The monoisotopic (exact) mass is 247 g/mol. The summed E-state index contributed by atoms with van der Waals surface area (Å²) in [5.41, 5.74) is 1.34. The van der Waals surface area contributed by atoms with Gasteiger partial charge in [-0.25, -0.2) is 0 Å². The number of rotatable bonds is 3. The second-order valence-corrected chi connectivity index (χ2v) is 3.75. The molecule has 1 aromatic rings. The van der Waals surface area contributed by atoms with E-state index in [-0.39, 0.29) is 19.1 Å². The van der Waals surface area contributed by atoms with E-state index in [0.717, 1.165) is 11.3 Å². The average Bonchev–Trinajstić information content (AvgIpc) is 2.43. The van der Waals surface area contributed by atoms with E-state index in [0.29, 0.717) is 5.57 Å². The summed E-state index contributed by atoms with van der Waals surface area (Å²) < 4.78 is 9.88. The van der Waals surface area contributed by atoms with Gasteiger partial charge in [0, 0.05) is 5.56 Å². The van der Waals surface area contributed by atoms with Gasteiger partial charge >= 0.3 is 5.97 Å². The first-order chi connectivity index (χ1) is 8.70. The number of hydrogen-bond donors (Lipinski definition) is 1. The number of carbonyl (C=O) groups excluding carboxylic acids is 2. The second kappa shape index (κ2) is 5.35. The van der Waals surface area contributed by atoms with Crippen molar-refractivity contribution in [1.82, 2.24) is 5.32 Å². The maximum atomic E-state index is 11.8. The fourth-order valence-electron chi connectivity index (χ4n) is 1.59. The number of carbonyl (C=O) groups is 2. The first-order valence-electron chi connectivity index (χ1n) is 5.48. The van der Waals surface area contributed by atoms with Gasteiger partial charge in [0.2, 0.25) is 0 Å². The summed E-state index contributed by atoms with van der Waals surface area (Å²) in [4.78, 5) is 22.7. The van der Waals surface area contributed by atoms with Gasteiger partial charge in [-0.05, 0) is 12.1 Å². The molecular formula is C13H13NO4. The Bertz CT molecular complexity index is 507. The van der Waals surface area contributed by atoms with Gasteiger partial charge in [0.05, 0.1) is 12.7 Å². The maximum absolute atomic E-state index is 11.8. The van der Waals surface area contributed by atoms with E-state index in [1.54, 1.807) is 6.08 Å². The number of benzene rings is 1. The Morgan fingerprint density at radius 2 is 2.17 bits per heavy atom. The van der Waals surface area contributed by atoms with Crippen LogP contribution < -0.4 is 10.1 Å². The Labute approximate surface area is 104 Å². The van der Waals surface area contributed by atoms with Crippen molar-refractivity contribution in [3.05, 3.63) is 35.4 Å². The number of esters is 1. The molecule has 0 unspecified atom stereocenters. The van der Waals surface area contributed by atoms with Gasteiger partial charge in [-0.1, -0.05) is 18.2 Å². The molecule has 0 bridgehead atoms. The molecule has 0 spiro atoms. The van der Waals surface area contributed by atoms with Crippen LogP contribution in [0.15, 0.2) is 29.8 Å². The van der Waals surface area contributed by atoms with Crippen LogP contribution in [0.2, 0.25) is 0 Å². The van der Waals surface area contributed by atoms with Gasteiger partial charge in [-0.3, -0.25) is 9.59 Å². The van der Waals surface area contributed by atoms with Gasteiger partial charge in [-0.2, -0.15) is 0 Å². The molecule has 1 heterocycles. The van der Waals surface area contributed by atoms with Crippen LogP contribution in [0.1, 0.15) is 5.56 Å². The summed E-state index contributed by atoms with van der Waals surface area (Å²) in [6.45, 7) is 0.0539. The van der Waals surface area contributed by atoms with Crippen LogP contribution in [-0.2, 0) is 14.3 Å². The molecule has 0 fully saturated rings. The lowest BCUT2D eigenvalue weighted by Crippen LogP contribution is -2.33. The highest BCUT2D eigenvalue weighted by Crippen LogP contribution is 2.25. The van der Waals surface area contributed by atoms with Crippen molar-refractivity contribution >= 4 is 18.0 Å². The largest absolute Gasteiger partial charge is 0.488 e. The van der Waals surface area contributed by atoms with Crippen molar-refractivity contribution in [3.63, 3.8) is 0 Å². The Balaban J connectivity index is 2.05. The molecule has 1 N–H and O–H groups in total. The maximum Gasteiger partial charge on any atom is 0.325 e. The highest BCUT2D eigenvalue weighted by Gasteiger charge is 2.17. The molecule has 1 aromatic carbocycles. The lowest BCUT2D eigenvalue weighted by molar-refractivity contribution is -0.140. The SMILES string of the molecule is COC(=O)CNC(=O)C1=Cc2ccccc2OC1. The van der Waals surface area contributed by atoms with Crippen molar-refractivity contribution < 1.29 is 19.1 Å². The van der Waals surface area contributed by atoms with E-state index in [2.05, 4.69) is 10.1 Å². The van der Waals surface area contributed by atoms with E-state index >= 15 is 0 Å². The third-order valence-electron chi connectivity index (χ3n) is 2.54. The molecule has 0 aliphatic carbocycles. The summed E-state index contributed by atoms with van der Waals surface area (Å²) in [6.07, 6.45) is 1.76. The summed E-state index contributed by atoms with van der Waals surface area (Å²) in [5, 5.41) is 2.47. The fraction of sp³-hybridized carbons (Fsp3) is 0.231. The minimum atomic E-state index is -0.485. The molecule has 1 aliphatic heterocycles. The van der Waals surface area contributed by atoms with Crippen molar-refractivity contribution in [1.29, 1.82) is 0 Å². The van der Waals surface area contributed by atoms with Crippen LogP contribution in [0, 0.1) is 0 Å². The van der Waals surface area contributed by atoms with E-state index in [1.807, 2.05) is 24.3 Å². The molecule has 18 heavy (non-hydrogen) atoms. The van der Waals surface area contributed by atoms with Crippen LogP contribution in [0.4, 0.5) is 0 Å². The number of methoxy groups -OCH3 is 1. The zero-order valence-corrected chi connectivity index (χ0v) is 9.93. The number of fused-ring (bicyclic) bond motifs is 1. The predicted octanol–water partition coefficient (Wildman–Crippen LogP) is 0.752. The number of ether oxygens (including phenoxy) is 2. The smallest absolute Gasteiger partial charge is 0.325 e. The second-order valence-electron chi connectivity index (χ2n) is 3.75. The standard InChI is InChI=1S/C13H13NO4/c1-17-12(15)7-14-13(16)10-6-9-4-2-3-5-11(9)18-8-10/h2-6H,7-8H2,1H3,(H,14,16). The van der Waals surface area contributed by atoms with Gasteiger partial charge in [0.1, 0.15) is 18.9 Å². The number of nitrogens with one attached hydrogen (secondary N) is 1. The number of para-hydroxylation sites is 1. The molecule has 2 rings (SSSR count). The van der Waals surface area contributed by atoms with Gasteiger partial charge in [0.25, 0.3) is 5.91 Å². The summed E-state index contributed by atoms with van der Waals surface area (Å²) in [7, 11) is 1.27. The van der Waals surface area contributed by atoms with Gasteiger partial charge < -0.3 is 14.8 Å². The summed E-state index contributed by atoms with van der Waals surface area (Å²) >= 11 is 0. The molecule has 5 heteroatoms. The first-order valence-corrected chi connectivity index (χ1v) is 5.48. The molecule has 1 amide bonds. The van der Waals surface area contributed by atoms with E-state index in [4.69, 9.17) is 4.74 Å². The zero-order valence-electron chi connectivity index (χ0n) is 9.93. The zero-order chi connectivity index (χ0) is 13.0. The van der Waals surface area contributed by atoms with E-state index in [9.17, 15) is 9.59 Å². The third-order valence-corrected chi connectivity index (χ3v) is 2.54. The Kier molecular flexibility index (Phi) is 3.62. The minimum Gasteiger partial charge on any atom is -0.488 e. The average molecular weight is 247 g/mol. The first kappa shape index (κ1) is 12.2. The fourth-order valence-corrected chi connectivity index (χ4v) is 1.59. The molecule has 5 nitrogen and oxygen atoms in total. The van der Waals surface area contributed by atoms with Crippen LogP contribution in [0.5, 0.6) is 5.75 Å². The van der Waals surface area contributed by atoms with E-state index < -0.39 is 5.97 Å². The molecule has 0 radical (unpaired) electrons. The summed E-state index contributed by atoms with van der Waals surface area (Å²) in [6, 6.07) is 7.44. The quantitative estimate of drug-likeness (QED) is 0.800. The van der Waals surface area contributed by atoms with Crippen molar-refractivity contribution in [3.8, 4) is 5.75 Å². The Morgan fingerprint density at radius 1 is 1.39 bits per heavy atom. The highest BCUT2D eigenvalue weighted by atomic mass is 16.5. The summed E-state index contributed by atoms with van der Waals surface area (Å²) in [5.74, 6) is -0.0574. The number of hydrogen-bond acceptors (Lipinski definition) is 4. The molecule has 1 aliphatic rings. The Hall–Kier alpha value is -2.30. The van der Waals surface area contributed by atoms with Crippen LogP contribution in [0.25, 0.3) is 6.08 Å². The van der Waals surface area contributed by atoms with Crippen molar-refractivity contribution in [2.24, 2.45) is 0 Å². The topological polar surface area (TPSA) is 64.6 Å². The minimum absolute atomic E-state index is 0.145. The molecule has 94 valence electrons. The lowest BCUT2D eigenvalue weighted by Gasteiger charge is -2.17.